The molecular formula is C15H22N6S3+2. The molecule has 9 heteroatoms. The summed E-state index contributed by atoms with van der Waals surface area (Å²) in [7, 11) is 0. The highest BCUT2D eigenvalue weighted by molar-refractivity contribution is 7.05. The maximum atomic E-state index is 4.62. The van der Waals surface area contributed by atoms with Crippen LogP contribution in [0, 0.1) is 0 Å². The van der Waals surface area contributed by atoms with Gasteiger partial charge in [-0.3, -0.25) is 0 Å². The van der Waals surface area contributed by atoms with E-state index in [9.17, 15) is 0 Å². The molecule has 3 heterocycles. The lowest BCUT2D eigenvalue weighted by Gasteiger charge is -2.02. The summed E-state index contributed by atoms with van der Waals surface area (Å²) in [4.78, 5) is 1.32. The van der Waals surface area contributed by atoms with Gasteiger partial charge in [0.25, 0.3) is 11.7 Å². The van der Waals surface area contributed by atoms with Crippen molar-refractivity contribution in [2.24, 2.45) is 0 Å². The molecule has 0 aliphatic heterocycles. The third-order valence-corrected chi connectivity index (χ3v) is 6.28. The van der Waals surface area contributed by atoms with E-state index in [0.29, 0.717) is 17.8 Å². The molecule has 0 amide bonds. The highest BCUT2D eigenvalue weighted by Crippen LogP contribution is 2.18. The first-order chi connectivity index (χ1) is 11.5. The zero-order chi connectivity index (χ0) is 17.1. The van der Waals surface area contributed by atoms with Gasteiger partial charge in [0.1, 0.15) is 6.54 Å². The van der Waals surface area contributed by atoms with Crippen LogP contribution in [0.1, 0.15) is 61.7 Å². The fourth-order valence-electron chi connectivity index (χ4n) is 2.36. The van der Waals surface area contributed by atoms with Gasteiger partial charge in [0.05, 0.1) is 21.0 Å². The zero-order valence-electron chi connectivity index (χ0n) is 14.3. The van der Waals surface area contributed by atoms with Crippen molar-refractivity contribution in [3.8, 4) is 0 Å². The van der Waals surface area contributed by atoms with E-state index in [1.54, 1.807) is 11.5 Å². The molecule has 0 aliphatic rings. The van der Waals surface area contributed by atoms with Gasteiger partial charge in [-0.25, -0.2) is 0 Å². The van der Waals surface area contributed by atoms with Crippen molar-refractivity contribution >= 4 is 34.8 Å². The van der Waals surface area contributed by atoms with Crippen LogP contribution in [0.25, 0.3) is 0 Å². The Hall–Kier alpha value is -1.32. The molecule has 0 saturated heterocycles. The van der Waals surface area contributed by atoms with Gasteiger partial charge in [0.2, 0.25) is 11.9 Å². The number of hydrogen-bond donors (Lipinski definition) is 0. The second-order valence-corrected chi connectivity index (χ2v) is 8.68. The van der Waals surface area contributed by atoms with E-state index in [4.69, 9.17) is 0 Å². The number of rotatable bonds is 7. The van der Waals surface area contributed by atoms with Crippen molar-refractivity contribution in [2.45, 2.75) is 58.5 Å². The molecule has 3 rings (SSSR count). The van der Waals surface area contributed by atoms with Crippen molar-refractivity contribution in [1.82, 2.24) is 18.4 Å². The minimum Gasteiger partial charge on any atom is -0.175 e. The molecule has 24 heavy (non-hydrogen) atoms. The predicted octanol–water partition coefficient (Wildman–Crippen LogP) is 2.76. The van der Waals surface area contributed by atoms with E-state index < -0.39 is 0 Å². The topological polar surface area (TPSA) is 59.3 Å². The fraction of sp³-hybridized carbons (Fsp3) is 0.600. The SMILES string of the molecule is CC(C)c1c[n+](CC(C)c2c[n+](CC(C)c3csnn3)sn2)ns1. The molecule has 0 saturated carbocycles. The molecule has 3 aromatic heterocycles. The Morgan fingerprint density at radius 3 is 2.50 bits per heavy atom. The van der Waals surface area contributed by atoms with E-state index in [-0.39, 0.29) is 0 Å². The third kappa shape index (κ3) is 4.20. The normalized spacial score (nSPS) is 14.2. The number of nitrogens with zero attached hydrogens (tertiary/aromatic N) is 6. The highest BCUT2D eigenvalue weighted by Gasteiger charge is 2.25. The lowest BCUT2D eigenvalue weighted by Crippen LogP contribution is -2.37. The lowest BCUT2D eigenvalue weighted by molar-refractivity contribution is -0.748. The number of hydrogen-bond acceptors (Lipinski definition) is 7. The smallest absolute Gasteiger partial charge is 0.175 e. The molecule has 0 aliphatic carbocycles. The largest absolute Gasteiger partial charge is 0.277 e. The van der Waals surface area contributed by atoms with Gasteiger partial charge < -0.3 is 0 Å². The van der Waals surface area contributed by atoms with Crippen molar-refractivity contribution in [3.05, 3.63) is 34.0 Å². The van der Waals surface area contributed by atoms with Crippen LogP contribution in [0.3, 0.4) is 0 Å². The van der Waals surface area contributed by atoms with Crippen molar-refractivity contribution in [3.63, 3.8) is 0 Å². The van der Waals surface area contributed by atoms with Crippen LogP contribution in [0.2, 0.25) is 0 Å². The first-order valence-corrected chi connectivity index (χ1v) is 10.4. The molecule has 128 valence electrons. The average Bonchev–Trinajstić information content (AvgIpc) is 3.28. The molecule has 0 bridgehead atoms. The van der Waals surface area contributed by atoms with Crippen LogP contribution in [0.15, 0.2) is 17.8 Å². The molecule has 2 unspecified atom stereocenters. The van der Waals surface area contributed by atoms with E-state index in [1.165, 1.54) is 28.1 Å². The molecule has 2 atom stereocenters. The van der Waals surface area contributed by atoms with Gasteiger partial charge in [-0.2, -0.15) is 3.96 Å². The van der Waals surface area contributed by atoms with Crippen LogP contribution in [0.4, 0.5) is 0 Å². The highest BCUT2D eigenvalue weighted by atomic mass is 32.1. The molecule has 3 aromatic rings. The van der Waals surface area contributed by atoms with Gasteiger partial charge in [-0.05, 0) is 24.4 Å². The van der Waals surface area contributed by atoms with Gasteiger partial charge >= 0.3 is 0 Å². The van der Waals surface area contributed by atoms with E-state index in [0.717, 1.165) is 24.5 Å². The maximum Gasteiger partial charge on any atom is 0.277 e. The molecule has 0 radical (unpaired) electrons. The molecule has 0 fully saturated rings. The first-order valence-electron chi connectivity index (χ1n) is 8.02. The van der Waals surface area contributed by atoms with Crippen LogP contribution in [-0.4, -0.2) is 18.4 Å². The van der Waals surface area contributed by atoms with E-state index in [1.807, 2.05) is 10.1 Å². The summed E-state index contributed by atoms with van der Waals surface area (Å²) in [5.74, 6) is 1.21. The fourth-order valence-corrected chi connectivity index (χ4v) is 4.50. The van der Waals surface area contributed by atoms with Crippen LogP contribution >= 0.6 is 34.8 Å². The second-order valence-electron chi connectivity index (χ2n) is 6.44. The summed E-state index contributed by atoms with van der Waals surface area (Å²) in [6.07, 6.45) is 4.31. The second kappa shape index (κ2) is 7.71. The summed E-state index contributed by atoms with van der Waals surface area (Å²) in [5, 5.41) is 6.17. The quantitative estimate of drug-likeness (QED) is 0.590. The molecule has 0 spiro atoms. The minimum atomic E-state index is 0.339. The molecule has 0 N–H and O–H groups in total. The van der Waals surface area contributed by atoms with Crippen LogP contribution in [0.5, 0.6) is 0 Å². The van der Waals surface area contributed by atoms with E-state index >= 15 is 0 Å². The Kier molecular flexibility index (Phi) is 5.62. The summed E-state index contributed by atoms with van der Waals surface area (Å²) in [6, 6.07) is 0. The number of aromatic nitrogens is 6. The summed E-state index contributed by atoms with van der Waals surface area (Å²) >= 11 is 4.51. The Balaban J connectivity index is 1.61. The average molecular weight is 383 g/mol. The van der Waals surface area contributed by atoms with Crippen LogP contribution < -0.4 is 8.64 Å². The molecular weight excluding hydrogens is 360 g/mol. The van der Waals surface area contributed by atoms with Crippen molar-refractivity contribution in [2.75, 3.05) is 0 Å². The van der Waals surface area contributed by atoms with Gasteiger partial charge in [0.15, 0.2) is 12.7 Å². The Bertz CT molecular complexity index is 764. The summed E-state index contributed by atoms with van der Waals surface area (Å²) < 4.78 is 17.3. The first kappa shape index (κ1) is 17.5. The Morgan fingerprint density at radius 1 is 1.04 bits per heavy atom. The lowest BCUT2D eigenvalue weighted by atomic mass is 10.1. The van der Waals surface area contributed by atoms with Gasteiger partial charge in [-0.1, -0.05) is 29.9 Å². The van der Waals surface area contributed by atoms with Crippen molar-refractivity contribution in [1.29, 1.82) is 0 Å². The van der Waals surface area contributed by atoms with Crippen molar-refractivity contribution < 1.29 is 8.64 Å². The zero-order valence-corrected chi connectivity index (χ0v) is 16.7. The summed E-state index contributed by atoms with van der Waals surface area (Å²) in [6.45, 7) is 10.5. The predicted molar refractivity (Wildman–Crippen MR) is 95.4 cm³/mol. The summed E-state index contributed by atoms with van der Waals surface area (Å²) in [5.41, 5.74) is 2.17. The standard InChI is InChI=1S/C15H22N6S3/c1-10(2)15-8-20(19-23-15)5-11(3)13-7-21(24-17-13)6-12(4)14-9-22-18-16-14/h7-12H,5-6H2,1-4H3/q+2. The van der Waals surface area contributed by atoms with Gasteiger partial charge in [0, 0.05) is 27.2 Å². The Labute approximate surface area is 154 Å². The minimum absolute atomic E-state index is 0.339. The van der Waals surface area contributed by atoms with Gasteiger partial charge in [-0.15, -0.1) is 5.10 Å². The molecule has 6 nitrogen and oxygen atoms in total. The maximum absolute atomic E-state index is 4.62. The van der Waals surface area contributed by atoms with E-state index in [2.05, 4.69) is 62.5 Å². The Morgan fingerprint density at radius 2 is 1.83 bits per heavy atom. The monoisotopic (exact) mass is 382 g/mol. The van der Waals surface area contributed by atoms with Crippen LogP contribution in [-0.2, 0) is 13.1 Å². The third-order valence-electron chi connectivity index (χ3n) is 3.93. The molecule has 0 aromatic carbocycles.